The van der Waals surface area contributed by atoms with Crippen molar-refractivity contribution in [3.05, 3.63) is 0 Å². The number of piperidine rings is 1. The Hall–Kier alpha value is -0.0800. The standard InChI is InChI=1S/C18H34N2/c1-15-8-11-20(16(2)12-15)14-18(9-4-3-5-10-18)13-19-17-6-7-17/h15-17,19H,3-14H2,1-2H3. The average Bonchev–Trinajstić information content (AvgIpc) is 3.25. The molecule has 0 spiro atoms. The monoisotopic (exact) mass is 278 g/mol. The van der Waals surface area contributed by atoms with Crippen LogP contribution >= 0.6 is 0 Å². The lowest BCUT2D eigenvalue weighted by Crippen LogP contribution is -2.50. The first-order valence-electron chi connectivity index (χ1n) is 9.14. The van der Waals surface area contributed by atoms with E-state index in [1.54, 1.807) is 0 Å². The molecule has 2 saturated carbocycles. The highest BCUT2D eigenvalue weighted by Crippen LogP contribution is 2.39. The maximum atomic E-state index is 3.85. The summed E-state index contributed by atoms with van der Waals surface area (Å²) in [6, 6.07) is 1.67. The largest absolute Gasteiger partial charge is 0.313 e. The Morgan fingerprint density at radius 2 is 1.80 bits per heavy atom. The fraction of sp³-hybridized carbons (Fsp3) is 1.00. The normalized spacial score (nSPS) is 35.1. The summed E-state index contributed by atoms with van der Waals surface area (Å²) in [6.07, 6.45) is 13.0. The van der Waals surface area contributed by atoms with Crippen molar-refractivity contribution < 1.29 is 0 Å². The van der Waals surface area contributed by atoms with Crippen molar-refractivity contribution in [2.75, 3.05) is 19.6 Å². The predicted molar refractivity (Wildman–Crippen MR) is 86.0 cm³/mol. The number of likely N-dealkylation sites (tertiary alicyclic amines) is 1. The zero-order valence-corrected chi connectivity index (χ0v) is 13.7. The van der Waals surface area contributed by atoms with E-state index < -0.39 is 0 Å². The third-order valence-corrected chi connectivity index (χ3v) is 6.07. The van der Waals surface area contributed by atoms with Crippen molar-refractivity contribution in [3.63, 3.8) is 0 Å². The number of nitrogens with one attached hydrogen (secondary N) is 1. The zero-order chi connectivity index (χ0) is 14.0. The van der Waals surface area contributed by atoms with Gasteiger partial charge in [-0.3, -0.25) is 0 Å². The van der Waals surface area contributed by atoms with Crippen LogP contribution in [0, 0.1) is 11.3 Å². The van der Waals surface area contributed by atoms with Crippen LogP contribution in [0.2, 0.25) is 0 Å². The van der Waals surface area contributed by atoms with Gasteiger partial charge in [0.15, 0.2) is 0 Å². The summed E-state index contributed by atoms with van der Waals surface area (Å²) in [6.45, 7) is 8.88. The van der Waals surface area contributed by atoms with Crippen molar-refractivity contribution in [2.45, 2.75) is 83.7 Å². The van der Waals surface area contributed by atoms with Gasteiger partial charge in [-0.05, 0) is 63.3 Å². The summed E-state index contributed by atoms with van der Waals surface area (Å²) in [5.74, 6) is 0.938. The van der Waals surface area contributed by atoms with Crippen LogP contribution in [0.3, 0.4) is 0 Å². The van der Waals surface area contributed by atoms with Gasteiger partial charge in [0.05, 0.1) is 0 Å². The summed E-state index contributed by atoms with van der Waals surface area (Å²) in [5, 5.41) is 3.85. The highest BCUT2D eigenvalue weighted by molar-refractivity contribution is 4.93. The summed E-state index contributed by atoms with van der Waals surface area (Å²) < 4.78 is 0. The summed E-state index contributed by atoms with van der Waals surface area (Å²) in [7, 11) is 0. The minimum absolute atomic E-state index is 0.593. The second-order valence-electron chi connectivity index (χ2n) is 8.16. The van der Waals surface area contributed by atoms with Crippen LogP contribution in [0.5, 0.6) is 0 Å². The van der Waals surface area contributed by atoms with Gasteiger partial charge in [0, 0.05) is 25.2 Å². The van der Waals surface area contributed by atoms with Gasteiger partial charge in [0.25, 0.3) is 0 Å². The molecule has 0 bridgehead atoms. The van der Waals surface area contributed by atoms with E-state index in [-0.39, 0.29) is 0 Å². The Morgan fingerprint density at radius 1 is 1.05 bits per heavy atom. The summed E-state index contributed by atoms with van der Waals surface area (Å²) >= 11 is 0. The van der Waals surface area contributed by atoms with E-state index in [0.717, 1.165) is 18.0 Å². The number of rotatable bonds is 5. The minimum atomic E-state index is 0.593. The Labute approximate surface area is 125 Å². The van der Waals surface area contributed by atoms with Gasteiger partial charge in [-0.25, -0.2) is 0 Å². The number of hydrogen-bond donors (Lipinski definition) is 1. The highest BCUT2D eigenvalue weighted by atomic mass is 15.2. The average molecular weight is 278 g/mol. The van der Waals surface area contributed by atoms with Crippen LogP contribution in [0.15, 0.2) is 0 Å². The van der Waals surface area contributed by atoms with Crippen molar-refractivity contribution in [2.24, 2.45) is 11.3 Å². The van der Waals surface area contributed by atoms with Crippen molar-refractivity contribution in [1.82, 2.24) is 10.2 Å². The molecule has 1 N–H and O–H groups in total. The first-order valence-corrected chi connectivity index (χ1v) is 9.14. The molecule has 0 aromatic rings. The smallest absolute Gasteiger partial charge is 0.00697 e. The molecular formula is C18H34N2. The van der Waals surface area contributed by atoms with Gasteiger partial charge in [-0.2, -0.15) is 0 Å². The molecule has 0 aromatic carbocycles. The lowest BCUT2D eigenvalue weighted by molar-refractivity contribution is 0.0480. The molecule has 2 unspecified atom stereocenters. The van der Waals surface area contributed by atoms with E-state index in [4.69, 9.17) is 0 Å². The Kier molecular flexibility index (Phi) is 4.72. The van der Waals surface area contributed by atoms with Crippen molar-refractivity contribution >= 4 is 0 Å². The second-order valence-corrected chi connectivity index (χ2v) is 8.16. The van der Waals surface area contributed by atoms with Crippen molar-refractivity contribution in [1.29, 1.82) is 0 Å². The van der Waals surface area contributed by atoms with E-state index in [9.17, 15) is 0 Å². The molecule has 2 heteroatoms. The molecule has 116 valence electrons. The molecule has 1 heterocycles. The molecule has 3 fully saturated rings. The van der Waals surface area contributed by atoms with E-state index in [0.29, 0.717) is 5.41 Å². The van der Waals surface area contributed by atoms with Crippen LogP contribution in [0.1, 0.15) is 71.6 Å². The van der Waals surface area contributed by atoms with E-state index in [1.165, 1.54) is 77.4 Å². The Bertz CT molecular complexity index is 305. The van der Waals surface area contributed by atoms with Crippen LogP contribution in [0.4, 0.5) is 0 Å². The third kappa shape index (κ3) is 3.76. The summed E-state index contributed by atoms with van der Waals surface area (Å²) in [4.78, 5) is 2.82. The van der Waals surface area contributed by atoms with Gasteiger partial charge in [-0.15, -0.1) is 0 Å². The van der Waals surface area contributed by atoms with Gasteiger partial charge < -0.3 is 10.2 Å². The summed E-state index contributed by atoms with van der Waals surface area (Å²) in [5.41, 5.74) is 0.593. The lowest BCUT2D eigenvalue weighted by Gasteiger charge is -2.46. The molecule has 2 nitrogen and oxygen atoms in total. The second kappa shape index (κ2) is 6.36. The topological polar surface area (TPSA) is 15.3 Å². The number of nitrogens with zero attached hydrogens (tertiary/aromatic N) is 1. The maximum Gasteiger partial charge on any atom is 0.00697 e. The zero-order valence-electron chi connectivity index (χ0n) is 13.7. The number of hydrogen-bond acceptors (Lipinski definition) is 2. The first-order chi connectivity index (χ1) is 9.67. The highest BCUT2D eigenvalue weighted by Gasteiger charge is 2.37. The van der Waals surface area contributed by atoms with Gasteiger partial charge in [0.1, 0.15) is 0 Å². The molecule has 0 amide bonds. The minimum Gasteiger partial charge on any atom is -0.313 e. The van der Waals surface area contributed by atoms with E-state index in [2.05, 4.69) is 24.1 Å². The Morgan fingerprint density at radius 3 is 2.45 bits per heavy atom. The molecule has 20 heavy (non-hydrogen) atoms. The predicted octanol–water partition coefficient (Wildman–Crippen LogP) is 3.81. The SMILES string of the molecule is CC1CCN(CC2(CNC3CC3)CCCCC2)C(C)C1. The quantitative estimate of drug-likeness (QED) is 0.822. The van der Waals surface area contributed by atoms with Crippen LogP contribution in [0.25, 0.3) is 0 Å². The molecule has 0 aromatic heterocycles. The molecule has 0 radical (unpaired) electrons. The molecule has 3 aliphatic rings. The van der Waals surface area contributed by atoms with Crippen LogP contribution < -0.4 is 5.32 Å². The van der Waals surface area contributed by atoms with Crippen LogP contribution in [-0.4, -0.2) is 36.6 Å². The Balaban J connectivity index is 1.59. The third-order valence-electron chi connectivity index (χ3n) is 6.07. The first kappa shape index (κ1) is 14.8. The fourth-order valence-corrected chi connectivity index (χ4v) is 4.46. The molecule has 2 atom stereocenters. The van der Waals surface area contributed by atoms with Gasteiger partial charge in [0.2, 0.25) is 0 Å². The van der Waals surface area contributed by atoms with Crippen molar-refractivity contribution in [3.8, 4) is 0 Å². The fourth-order valence-electron chi connectivity index (χ4n) is 4.46. The van der Waals surface area contributed by atoms with E-state index >= 15 is 0 Å². The molecule has 1 saturated heterocycles. The van der Waals surface area contributed by atoms with Gasteiger partial charge in [-0.1, -0.05) is 26.2 Å². The maximum absolute atomic E-state index is 3.85. The lowest BCUT2D eigenvalue weighted by atomic mass is 9.73. The molecule has 3 rings (SSSR count). The van der Waals surface area contributed by atoms with Crippen LogP contribution in [-0.2, 0) is 0 Å². The molecule has 2 aliphatic carbocycles. The van der Waals surface area contributed by atoms with Gasteiger partial charge >= 0.3 is 0 Å². The molecular weight excluding hydrogens is 244 g/mol. The van der Waals surface area contributed by atoms with E-state index in [1.807, 2.05) is 0 Å². The molecule has 1 aliphatic heterocycles.